The number of aromatic nitrogens is 10. The Hall–Kier alpha value is -3.93. The van der Waals surface area contributed by atoms with E-state index >= 15 is 0 Å². The van der Waals surface area contributed by atoms with Crippen LogP contribution in [0, 0.1) is 0 Å². The van der Waals surface area contributed by atoms with E-state index in [9.17, 15) is 4.79 Å². The first-order valence-electron chi connectivity index (χ1n) is 9.49. The first kappa shape index (κ1) is 21.9. The van der Waals surface area contributed by atoms with Gasteiger partial charge in [0.05, 0.1) is 64.4 Å². The number of H-pyrrole nitrogens is 1. The number of aromatic amines is 1. The van der Waals surface area contributed by atoms with Crippen LogP contribution in [0.2, 0.25) is 15.2 Å². The number of fused-ring (bicyclic) bond motifs is 2. The van der Waals surface area contributed by atoms with Crippen molar-refractivity contribution in [3.05, 3.63) is 87.5 Å². The number of nitrogens with zero attached hydrogens (tertiary/aromatic N) is 9. The summed E-state index contributed by atoms with van der Waals surface area (Å²) in [5.74, 6) is 0.893. The molecule has 6 aromatic heterocycles. The highest BCUT2D eigenvalue weighted by Gasteiger charge is 2.11. The minimum Gasteiger partial charge on any atom is -0.305 e. The molecule has 0 spiro atoms. The van der Waals surface area contributed by atoms with Gasteiger partial charge in [-0.15, -0.1) is 0 Å². The zero-order valence-electron chi connectivity index (χ0n) is 16.8. The van der Waals surface area contributed by atoms with Crippen LogP contribution >= 0.6 is 34.8 Å². The Morgan fingerprint density at radius 3 is 2.00 bits per heavy atom. The summed E-state index contributed by atoms with van der Waals surface area (Å²) in [6, 6.07) is 0. The average Bonchev–Trinajstić information content (AvgIpc) is 3.48. The molecule has 0 fully saturated rings. The molecule has 6 rings (SSSR count). The number of nitrogens with one attached hydrogen (secondary N) is 1. The SMILES string of the molecule is Clc1cnc(-c2cnn3ccncc23)nc1Cl.O=c1[nH]c(-c2cnn3ccncc23)ncc1Cl. The second kappa shape index (κ2) is 9.14. The van der Waals surface area contributed by atoms with Crippen molar-refractivity contribution in [2.24, 2.45) is 0 Å². The lowest BCUT2D eigenvalue weighted by Gasteiger charge is -1.99. The average molecular weight is 514 g/mol. The Bertz CT molecular complexity index is 1690. The van der Waals surface area contributed by atoms with Crippen molar-refractivity contribution >= 4 is 45.8 Å². The summed E-state index contributed by atoms with van der Waals surface area (Å²) in [6.07, 6.45) is 16.1. The van der Waals surface area contributed by atoms with E-state index in [1.165, 1.54) is 12.4 Å². The molecule has 0 aliphatic heterocycles. The molecule has 6 aromatic rings. The summed E-state index contributed by atoms with van der Waals surface area (Å²) < 4.78 is 3.34. The van der Waals surface area contributed by atoms with Gasteiger partial charge in [-0.25, -0.2) is 24.0 Å². The van der Waals surface area contributed by atoms with Crippen LogP contribution in [0.1, 0.15) is 0 Å². The second-order valence-corrected chi connectivity index (χ2v) is 7.84. The number of halogens is 3. The van der Waals surface area contributed by atoms with Gasteiger partial charge in [-0.1, -0.05) is 34.8 Å². The first-order valence-corrected chi connectivity index (χ1v) is 10.6. The molecule has 0 aliphatic carbocycles. The lowest BCUT2D eigenvalue weighted by molar-refractivity contribution is 0.946. The van der Waals surface area contributed by atoms with Gasteiger partial charge in [0.15, 0.2) is 11.0 Å². The Kier molecular flexibility index (Phi) is 5.88. The quantitative estimate of drug-likeness (QED) is 0.347. The van der Waals surface area contributed by atoms with Gasteiger partial charge in [-0.05, 0) is 0 Å². The fraction of sp³-hybridized carbons (Fsp3) is 0. The summed E-state index contributed by atoms with van der Waals surface area (Å²) in [5, 5.41) is 8.90. The summed E-state index contributed by atoms with van der Waals surface area (Å²) in [5.41, 5.74) is 2.66. The molecule has 0 saturated heterocycles. The molecule has 168 valence electrons. The molecule has 6 heterocycles. The van der Waals surface area contributed by atoms with Crippen LogP contribution in [0.4, 0.5) is 0 Å². The van der Waals surface area contributed by atoms with Gasteiger partial charge >= 0.3 is 0 Å². The fourth-order valence-electron chi connectivity index (χ4n) is 3.02. The molecule has 0 bridgehead atoms. The third-order valence-electron chi connectivity index (χ3n) is 4.60. The molecule has 0 radical (unpaired) electrons. The highest BCUT2D eigenvalue weighted by atomic mass is 35.5. The van der Waals surface area contributed by atoms with Gasteiger partial charge < -0.3 is 4.98 Å². The normalized spacial score (nSPS) is 10.9. The van der Waals surface area contributed by atoms with E-state index in [-0.39, 0.29) is 15.7 Å². The Labute approximate surface area is 205 Å². The third kappa shape index (κ3) is 4.19. The molecule has 11 nitrogen and oxygen atoms in total. The van der Waals surface area contributed by atoms with E-state index < -0.39 is 0 Å². The van der Waals surface area contributed by atoms with E-state index in [0.717, 1.165) is 16.6 Å². The molecule has 0 unspecified atom stereocenters. The van der Waals surface area contributed by atoms with Gasteiger partial charge in [0.1, 0.15) is 10.8 Å². The smallest absolute Gasteiger partial charge is 0.269 e. The zero-order valence-corrected chi connectivity index (χ0v) is 19.1. The van der Waals surface area contributed by atoms with Crippen LogP contribution in [-0.2, 0) is 0 Å². The van der Waals surface area contributed by atoms with Crippen molar-refractivity contribution in [1.29, 1.82) is 0 Å². The number of rotatable bonds is 2. The molecule has 0 aliphatic rings. The summed E-state index contributed by atoms with van der Waals surface area (Å²) in [4.78, 5) is 34.3. The molecular formula is C20H11Cl3N10O. The molecular weight excluding hydrogens is 503 g/mol. The highest BCUT2D eigenvalue weighted by molar-refractivity contribution is 6.41. The van der Waals surface area contributed by atoms with Crippen molar-refractivity contribution in [3.8, 4) is 22.8 Å². The van der Waals surface area contributed by atoms with Crippen LogP contribution < -0.4 is 5.56 Å². The standard InChI is InChI=1S/C10H5Cl2N5.C10H6ClN5O/c11-7-4-14-10(16-9(7)12)6-3-15-17-2-1-13-5-8(6)17;11-7-4-13-9(15-10(7)17)6-3-14-16-2-1-12-5-8(6)16/h1-5H;1-5H,(H,13,15,17). The van der Waals surface area contributed by atoms with E-state index in [2.05, 4.69) is 40.1 Å². The predicted octanol–water partition coefficient (Wildman–Crippen LogP) is 3.63. The van der Waals surface area contributed by atoms with Crippen molar-refractivity contribution in [3.63, 3.8) is 0 Å². The molecule has 0 amide bonds. The highest BCUT2D eigenvalue weighted by Crippen LogP contribution is 2.25. The van der Waals surface area contributed by atoms with Crippen molar-refractivity contribution < 1.29 is 0 Å². The van der Waals surface area contributed by atoms with Crippen molar-refractivity contribution in [2.75, 3.05) is 0 Å². The maximum Gasteiger partial charge on any atom is 0.269 e. The van der Waals surface area contributed by atoms with Crippen LogP contribution in [0.5, 0.6) is 0 Å². The minimum atomic E-state index is -0.375. The summed E-state index contributed by atoms with van der Waals surface area (Å²) in [7, 11) is 0. The van der Waals surface area contributed by atoms with E-state index in [4.69, 9.17) is 34.8 Å². The maximum absolute atomic E-state index is 11.4. The fourth-order valence-corrected chi connectivity index (χ4v) is 3.33. The Morgan fingerprint density at radius 1 is 0.735 bits per heavy atom. The topological polar surface area (TPSA) is 132 Å². The summed E-state index contributed by atoms with van der Waals surface area (Å²) in [6.45, 7) is 0. The van der Waals surface area contributed by atoms with Crippen LogP contribution in [0.3, 0.4) is 0 Å². The number of hydrogen-bond acceptors (Lipinski definition) is 8. The molecule has 34 heavy (non-hydrogen) atoms. The van der Waals surface area contributed by atoms with Gasteiger partial charge in [0, 0.05) is 24.8 Å². The first-order chi connectivity index (χ1) is 16.5. The summed E-state index contributed by atoms with van der Waals surface area (Å²) >= 11 is 17.2. The minimum absolute atomic E-state index is 0.0587. The Balaban J connectivity index is 0.000000142. The van der Waals surface area contributed by atoms with Crippen LogP contribution in [0.15, 0.2) is 66.8 Å². The van der Waals surface area contributed by atoms with E-state index in [1.54, 1.807) is 58.6 Å². The van der Waals surface area contributed by atoms with Crippen molar-refractivity contribution in [1.82, 2.24) is 49.1 Å². The van der Waals surface area contributed by atoms with Gasteiger partial charge in [-0.3, -0.25) is 14.8 Å². The lowest BCUT2D eigenvalue weighted by Crippen LogP contribution is -2.08. The lowest BCUT2D eigenvalue weighted by atomic mass is 10.3. The predicted molar refractivity (Wildman–Crippen MR) is 126 cm³/mol. The zero-order chi connectivity index (χ0) is 23.7. The largest absolute Gasteiger partial charge is 0.305 e. The van der Waals surface area contributed by atoms with E-state index in [1.807, 2.05) is 0 Å². The monoisotopic (exact) mass is 512 g/mol. The molecule has 0 atom stereocenters. The van der Waals surface area contributed by atoms with Crippen LogP contribution in [0.25, 0.3) is 33.8 Å². The molecule has 14 heteroatoms. The van der Waals surface area contributed by atoms with Gasteiger partial charge in [-0.2, -0.15) is 10.2 Å². The van der Waals surface area contributed by atoms with Crippen LogP contribution in [-0.4, -0.2) is 49.1 Å². The Morgan fingerprint density at radius 2 is 1.35 bits per heavy atom. The molecule has 0 aromatic carbocycles. The second-order valence-electron chi connectivity index (χ2n) is 6.67. The van der Waals surface area contributed by atoms with E-state index in [0.29, 0.717) is 22.2 Å². The molecule has 1 N–H and O–H groups in total. The van der Waals surface area contributed by atoms with Gasteiger partial charge in [0.25, 0.3) is 5.56 Å². The number of hydrogen-bond donors (Lipinski definition) is 1. The maximum atomic E-state index is 11.4. The van der Waals surface area contributed by atoms with Crippen molar-refractivity contribution in [2.45, 2.75) is 0 Å². The molecule has 0 saturated carbocycles. The van der Waals surface area contributed by atoms with Gasteiger partial charge in [0.2, 0.25) is 0 Å². The third-order valence-corrected chi connectivity index (χ3v) is 5.53.